The maximum Gasteiger partial charge on any atom is 0.416 e. The van der Waals surface area contributed by atoms with E-state index in [2.05, 4.69) is 10.3 Å². The van der Waals surface area contributed by atoms with Gasteiger partial charge in [-0.2, -0.15) is 26.3 Å². The molecule has 1 heterocycles. The van der Waals surface area contributed by atoms with Gasteiger partial charge < -0.3 is 0 Å². The highest BCUT2D eigenvalue weighted by Gasteiger charge is 2.37. The zero-order valence-electron chi connectivity index (χ0n) is 18.7. The van der Waals surface area contributed by atoms with Crippen LogP contribution >= 0.6 is 0 Å². The topological polar surface area (TPSA) is 47.8 Å². The Morgan fingerprint density at radius 2 is 1.43 bits per heavy atom. The molecular formula is C26H16F7N3O. The van der Waals surface area contributed by atoms with E-state index in [4.69, 9.17) is 0 Å². The number of aromatic nitrogens is 3. The van der Waals surface area contributed by atoms with Gasteiger partial charge in [-0.3, -0.25) is 4.79 Å². The van der Waals surface area contributed by atoms with Crippen LogP contribution in [-0.2, 0) is 18.9 Å². The van der Waals surface area contributed by atoms with Crippen LogP contribution < -0.4 is 0 Å². The van der Waals surface area contributed by atoms with Crippen LogP contribution in [0.4, 0.5) is 30.7 Å². The summed E-state index contributed by atoms with van der Waals surface area (Å²) in [6.07, 6.45) is -7.68. The van der Waals surface area contributed by atoms with Gasteiger partial charge in [0.15, 0.2) is 5.78 Å². The molecule has 190 valence electrons. The molecule has 0 radical (unpaired) electrons. The summed E-state index contributed by atoms with van der Waals surface area (Å²) in [6, 6.07) is 14.9. The van der Waals surface area contributed by atoms with E-state index in [-0.39, 0.29) is 28.6 Å². The third-order valence-electron chi connectivity index (χ3n) is 5.32. The molecule has 0 aliphatic heterocycles. The number of ketones is 1. The smallest absolute Gasteiger partial charge is 0.289 e. The van der Waals surface area contributed by atoms with E-state index in [0.29, 0.717) is 17.7 Å². The van der Waals surface area contributed by atoms with E-state index < -0.39 is 41.6 Å². The number of allylic oxidation sites excluding steroid dienone is 1. The third kappa shape index (κ3) is 5.93. The van der Waals surface area contributed by atoms with Gasteiger partial charge in [0.25, 0.3) is 0 Å². The maximum absolute atomic E-state index is 13.9. The second kappa shape index (κ2) is 10.00. The van der Waals surface area contributed by atoms with Crippen molar-refractivity contribution in [3.05, 3.63) is 113 Å². The van der Waals surface area contributed by atoms with Crippen molar-refractivity contribution in [2.75, 3.05) is 0 Å². The van der Waals surface area contributed by atoms with Crippen molar-refractivity contribution in [1.29, 1.82) is 0 Å². The maximum atomic E-state index is 13.9. The molecule has 4 nitrogen and oxygen atoms in total. The van der Waals surface area contributed by atoms with Crippen molar-refractivity contribution < 1.29 is 35.5 Å². The normalized spacial score (nSPS) is 12.3. The Kier molecular flexibility index (Phi) is 6.97. The summed E-state index contributed by atoms with van der Waals surface area (Å²) in [7, 11) is 0. The molecular weight excluding hydrogens is 503 g/mol. The highest BCUT2D eigenvalue weighted by atomic mass is 19.4. The van der Waals surface area contributed by atoms with Gasteiger partial charge in [-0.25, -0.2) is 9.07 Å². The van der Waals surface area contributed by atoms with Crippen LogP contribution in [0.3, 0.4) is 0 Å². The van der Waals surface area contributed by atoms with E-state index in [0.717, 1.165) is 16.8 Å². The number of rotatable bonds is 6. The zero-order valence-corrected chi connectivity index (χ0v) is 18.7. The summed E-state index contributed by atoms with van der Waals surface area (Å²) >= 11 is 0. The molecule has 4 aromatic rings. The van der Waals surface area contributed by atoms with Crippen LogP contribution in [-0.4, -0.2) is 20.8 Å². The van der Waals surface area contributed by atoms with Crippen LogP contribution in [0, 0.1) is 5.82 Å². The fraction of sp³-hybridized carbons (Fsp3) is 0.115. The number of hydrogen-bond acceptors (Lipinski definition) is 3. The molecule has 0 aliphatic rings. The van der Waals surface area contributed by atoms with Gasteiger partial charge >= 0.3 is 12.4 Å². The molecule has 0 spiro atoms. The van der Waals surface area contributed by atoms with Crippen molar-refractivity contribution >= 4 is 11.9 Å². The average Bonchev–Trinajstić information content (AvgIpc) is 3.24. The van der Waals surface area contributed by atoms with E-state index in [1.165, 1.54) is 24.3 Å². The fourth-order valence-corrected chi connectivity index (χ4v) is 3.63. The Labute approximate surface area is 205 Å². The van der Waals surface area contributed by atoms with Gasteiger partial charge in [-0.05, 0) is 48.0 Å². The minimum absolute atomic E-state index is 0.0471. The molecule has 4 rings (SSSR count). The van der Waals surface area contributed by atoms with E-state index in [1.54, 1.807) is 30.3 Å². The highest BCUT2D eigenvalue weighted by molar-refractivity contribution is 6.07. The molecule has 0 saturated carbocycles. The highest BCUT2D eigenvalue weighted by Crippen LogP contribution is 2.37. The Hall–Kier alpha value is -4.28. The van der Waals surface area contributed by atoms with Crippen LogP contribution in [0.5, 0.6) is 0 Å². The van der Waals surface area contributed by atoms with E-state index >= 15 is 0 Å². The first-order chi connectivity index (χ1) is 17.4. The van der Waals surface area contributed by atoms with Gasteiger partial charge in [0.05, 0.1) is 28.9 Å². The van der Waals surface area contributed by atoms with Crippen molar-refractivity contribution in [2.24, 2.45) is 0 Å². The second-order valence-corrected chi connectivity index (χ2v) is 7.94. The zero-order chi connectivity index (χ0) is 26.8. The van der Waals surface area contributed by atoms with Gasteiger partial charge in [0.1, 0.15) is 11.5 Å². The number of carbonyl (C=O) groups excluding carboxylic acids is 1. The lowest BCUT2D eigenvalue weighted by Gasteiger charge is -2.15. The Balaban J connectivity index is 1.76. The number of alkyl halides is 6. The molecule has 0 bridgehead atoms. The van der Waals surface area contributed by atoms with Gasteiger partial charge in [-0.15, -0.1) is 5.10 Å². The molecule has 37 heavy (non-hydrogen) atoms. The monoisotopic (exact) mass is 519 g/mol. The predicted octanol–water partition coefficient (Wildman–Crippen LogP) is 7.07. The summed E-state index contributed by atoms with van der Waals surface area (Å²) in [6.45, 7) is -0.473. The quantitative estimate of drug-likeness (QED) is 0.156. The molecule has 0 atom stereocenters. The molecule has 1 aromatic heterocycles. The summed E-state index contributed by atoms with van der Waals surface area (Å²) in [4.78, 5) is 12.5. The minimum Gasteiger partial charge on any atom is -0.289 e. The molecule has 11 heteroatoms. The molecule has 0 fully saturated rings. The van der Waals surface area contributed by atoms with Crippen LogP contribution in [0.15, 0.2) is 78.9 Å². The van der Waals surface area contributed by atoms with Gasteiger partial charge in [0.2, 0.25) is 0 Å². The summed E-state index contributed by atoms with van der Waals surface area (Å²) < 4.78 is 94.9. The first-order valence-electron chi connectivity index (χ1n) is 10.7. The van der Waals surface area contributed by atoms with Crippen LogP contribution in [0.25, 0.3) is 17.3 Å². The van der Waals surface area contributed by atoms with Gasteiger partial charge in [0, 0.05) is 5.56 Å². The molecule has 0 N–H and O–H groups in total. The van der Waals surface area contributed by atoms with Crippen molar-refractivity contribution in [3.63, 3.8) is 0 Å². The van der Waals surface area contributed by atoms with Gasteiger partial charge in [-0.1, -0.05) is 47.7 Å². The standard InChI is InChI=1S/C26H16F7N3O/c27-21-9-5-4-8-20(21)23(37)11-10-22-24(17-6-2-1-3-7-17)36(35-34-22)15-16-12-18(25(28,29)30)14-19(13-16)26(31,32)33/h1-14H,15H2. The van der Waals surface area contributed by atoms with Crippen LogP contribution in [0.2, 0.25) is 0 Å². The number of carbonyl (C=O) groups is 1. The van der Waals surface area contributed by atoms with Crippen molar-refractivity contribution in [1.82, 2.24) is 15.0 Å². The molecule has 0 unspecified atom stereocenters. The summed E-state index contributed by atoms with van der Waals surface area (Å²) in [5.41, 5.74) is -2.54. The first kappa shape index (κ1) is 25.8. The Morgan fingerprint density at radius 1 is 0.838 bits per heavy atom. The first-order valence-corrected chi connectivity index (χ1v) is 10.7. The summed E-state index contributed by atoms with van der Waals surface area (Å²) in [5, 5.41) is 7.86. The lowest BCUT2D eigenvalue weighted by Crippen LogP contribution is -2.13. The summed E-state index contributed by atoms with van der Waals surface area (Å²) in [5.74, 6) is -1.39. The molecule has 0 aliphatic carbocycles. The Morgan fingerprint density at radius 3 is 2.03 bits per heavy atom. The Bertz CT molecular complexity index is 1420. The fourth-order valence-electron chi connectivity index (χ4n) is 3.63. The largest absolute Gasteiger partial charge is 0.416 e. The predicted molar refractivity (Wildman–Crippen MR) is 121 cm³/mol. The average molecular weight is 519 g/mol. The molecule has 3 aromatic carbocycles. The molecule has 0 amide bonds. The number of benzene rings is 3. The minimum atomic E-state index is -5.00. The third-order valence-corrected chi connectivity index (χ3v) is 5.32. The lowest BCUT2D eigenvalue weighted by molar-refractivity contribution is -0.143. The second-order valence-electron chi connectivity index (χ2n) is 7.94. The number of nitrogens with zero attached hydrogens (tertiary/aromatic N) is 3. The molecule has 0 saturated heterocycles. The number of halogens is 7. The lowest BCUT2D eigenvalue weighted by atomic mass is 10.0. The van der Waals surface area contributed by atoms with E-state index in [1.807, 2.05) is 0 Å². The van der Waals surface area contributed by atoms with Crippen molar-refractivity contribution in [2.45, 2.75) is 18.9 Å². The van der Waals surface area contributed by atoms with Crippen molar-refractivity contribution in [3.8, 4) is 11.3 Å². The van der Waals surface area contributed by atoms with E-state index in [9.17, 15) is 35.5 Å². The number of hydrogen-bond donors (Lipinski definition) is 0. The van der Waals surface area contributed by atoms with Crippen LogP contribution in [0.1, 0.15) is 32.7 Å². The SMILES string of the molecule is O=C(C=Cc1nnn(Cc2cc(C(F)(F)F)cc(C(F)(F)F)c2)c1-c1ccccc1)c1ccccc1F.